The van der Waals surface area contributed by atoms with Crippen LogP contribution in [0.4, 0.5) is 0 Å². The lowest BCUT2D eigenvalue weighted by Crippen LogP contribution is -2.28. The van der Waals surface area contributed by atoms with Gasteiger partial charge in [0.05, 0.1) is 29.5 Å². The van der Waals surface area contributed by atoms with Crippen molar-refractivity contribution >= 4 is 27.0 Å². The molecule has 29 heavy (non-hydrogen) atoms. The summed E-state index contributed by atoms with van der Waals surface area (Å²) in [6.45, 7) is 2.01. The number of carbonyl (C=O) groups is 1. The highest BCUT2D eigenvalue weighted by Gasteiger charge is 2.25. The second kappa shape index (κ2) is 7.59. The van der Waals surface area contributed by atoms with Gasteiger partial charge in [0.15, 0.2) is 17.1 Å². The van der Waals surface area contributed by atoms with Crippen LogP contribution in [0.3, 0.4) is 0 Å². The highest BCUT2D eigenvalue weighted by atomic mass is 32.2. The van der Waals surface area contributed by atoms with E-state index in [1.54, 1.807) is 6.92 Å². The molecule has 0 aliphatic heterocycles. The van der Waals surface area contributed by atoms with Crippen molar-refractivity contribution < 1.29 is 28.2 Å². The number of nitrogens with one attached hydrogen (secondary N) is 1. The van der Waals surface area contributed by atoms with E-state index in [2.05, 4.69) is 9.97 Å². The van der Waals surface area contributed by atoms with Crippen molar-refractivity contribution in [1.82, 2.24) is 14.5 Å². The van der Waals surface area contributed by atoms with Crippen LogP contribution in [0.5, 0.6) is 11.5 Å². The Labute approximate surface area is 165 Å². The van der Waals surface area contributed by atoms with Gasteiger partial charge >= 0.3 is 11.7 Å². The summed E-state index contributed by atoms with van der Waals surface area (Å²) in [6, 6.07) is 4.58. The Hall–Kier alpha value is -3.34. The van der Waals surface area contributed by atoms with E-state index in [1.807, 2.05) is 0 Å². The summed E-state index contributed by atoms with van der Waals surface area (Å²) >= 11 is 0. The molecule has 2 aromatic heterocycles. The number of aromatic nitrogens is 3. The van der Waals surface area contributed by atoms with Gasteiger partial charge in [0.25, 0.3) is 0 Å². The third-order valence-electron chi connectivity index (χ3n) is 4.24. The number of H-pyrrole nitrogens is 1. The average molecular weight is 421 g/mol. The smallest absolute Gasteiger partial charge is 0.337 e. The zero-order chi connectivity index (χ0) is 21.3. The number of pyridine rings is 1. The van der Waals surface area contributed by atoms with Crippen molar-refractivity contribution in [3.05, 3.63) is 52.1 Å². The number of rotatable bonds is 7. The van der Waals surface area contributed by atoms with E-state index in [4.69, 9.17) is 9.84 Å². The molecule has 10 nitrogen and oxygen atoms in total. The van der Waals surface area contributed by atoms with E-state index in [9.17, 15) is 23.1 Å². The molecule has 2 heterocycles. The molecule has 0 saturated carbocycles. The van der Waals surface area contributed by atoms with Gasteiger partial charge in [-0.25, -0.2) is 23.0 Å². The highest BCUT2D eigenvalue weighted by molar-refractivity contribution is 7.90. The van der Waals surface area contributed by atoms with Crippen molar-refractivity contribution in [2.75, 3.05) is 18.6 Å². The monoisotopic (exact) mass is 421 g/mol. The number of phenols is 1. The van der Waals surface area contributed by atoms with E-state index in [0.29, 0.717) is 5.56 Å². The molecule has 0 fully saturated rings. The first-order valence-corrected chi connectivity index (χ1v) is 10.6. The molecule has 0 radical (unpaired) electrons. The topological polar surface area (TPSA) is 152 Å². The first-order valence-electron chi connectivity index (χ1n) is 8.57. The normalized spacial score (nSPS) is 12.8. The third-order valence-corrected chi connectivity index (χ3v) is 5.16. The number of carboxylic acids is 1. The second-order valence-electron chi connectivity index (χ2n) is 6.47. The van der Waals surface area contributed by atoms with Crippen molar-refractivity contribution in [1.29, 1.82) is 0 Å². The molecule has 3 rings (SSSR count). The number of ether oxygens (including phenoxy) is 1. The van der Waals surface area contributed by atoms with Crippen LogP contribution in [0.1, 0.15) is 28.9 Å². The first kappa shape index (κ1) is 20.4. The van der Waals surface area contributed by atoms with Crippen molar-refractivity contribution in [2.45, 2.75) is 13.0 Å². The summed E-state index contributed by atoms with van der Waals surface area (Å²) in [5.74, 6) is -1.60. The number of aromatic amines is 1. The molecule has 0 aliphatic carbocycles. The van der Waals surface area contributed by atoms with Crippen LogP contribution in [-0.2, 0) is 9.84 Å². The SMILES string of the molecule is CCOc1cc([C@@H](CS(C)(=O)=O)n2c(=O)[nH]c3cc(C(=O)O)cnc32)ccc1O. The van der Waals surface area contributed by atoms with E-state index < -0.39 is 33.3 Å². The number of carboxylic acid groups (broad SMARTS) is 1. The molecule has 0 unspecified atom stereocenters. The molecule has 3 aromatic rings. The highest BCUT2D eigenvalue weighted by Crippen LogP contribution is 2.32. The Kier molecular flexibility index (Phi) is 5.33. The van der Waals surface area contributed by atoms with Crippen LogP contribution in [-0.4, -0.2) is 57.8 Å². The van der Waals surface area contributed by atoms with E-state index in [1.165, 1.54) is 24.3 Å². The second-order valence-corrected chi connectivity index (χ2v) is 8.65. The molecular formula is C18H19N3O7S. The minimum Gasteiger partial charge on any atom is -0.504 e. The Morgan fingerprint density at radius 2 is 2.07 bits per heavy atom. The maximum Gasteiger partial charge on any atom is 0.337 e. The number of aromatic carboxylic acids is 1. The van der Waals surface area contributed by atoms with Gasteiger partial charge in [-0.3, -0.25) is 4.57 Å². The number of phenolic OH excluding ortho intramolecular Hbond substituents is 1. The fourth-order valence-electron chi connectivity index (χ4n) is 3.03. The van der Waals surface area contributed by atoms with E-state index in [-0.39, 0.29) is 34.8 Å². The van der Waals surface area contributed by atoms with Gasteiger partial charge in [0.1, 0.15) is 9.84 Å². The molecule has 0 aliphatic rings. The Morgan fingerprint density at radius 3 is 2.69 bits per heavy atom. The van der Waals surface area contributed by atoms with E-state index >= 15 is 0 Å². The minimum absolute atomic E-state index is 0.111. The van der Waals surface area contributed by atoms with Crippen LogP contribution in [0.25, 0.3) is 11.2 Å². The van der Waals surface area contributed by atoms with Crippen LogP contribution >= 0.6 is 0 Å². The van der Waals surface area contributed by atoms with E-state index in [0.717, 1.165) is 17.0 Å². The molecular weight excluding hydrogens is 402 g/mol. The quantitative estimate of drug-likeness (QED) is 0.514. The number of nitrogens with zero attached hydrogens (tertiary/aromatic N) is 2. The Balaban J connectivity index is 2.23. The summed E-state index contributed by atoms with van der Waals surface area (Å²) < 4.78 is 30.7. The average Bonchev–Trinajstić information content (AvgIpc) is 2.95. The van der Waals surface area contributed by atoms with Crippen molar-refractivity contribution in [2.24, 2.45) is 0 Å². The number of hydrogen-bond donors (Lipinski definition) is 3. The Morgan fingerprint density at radius 1 is 1.34 bits per heavy atom. The zero-order valence-electron chi connectivity index (χ0n) is 15.6. The maximum absolute atomic E-state index is 12.6. The molecule has 154 valence electrons. The molecule has 0 saturated heterocycles. The van der Waals surface area contributed by atoms with Crippen molar-refractivity contribution in [3.63, 3.8) is 0 Å². The Bertz CT molecular complexity index is 1240. The number of sulfone groups is 1. The molecule has 3 N–H and O–H groups in total. The number of aromatic hydroxyl groups is 1. The van der Waals surface area contributed by atoms with Gasteiger partial charge in [-0.1, -0.05) is 6.07 Å². The molecule has 11 heteroatoms. The zero-order valence-corrected chi connectivity index (χ0v) is 16.4. The lowest BCUT2D eigenvalue weighted by Gasteiger charge is -2.19. The van der Waals surface area contributed by atoms with Gasteiger partial charge < -0.3 is 19.9 Å². The summed E-state index contributed by atoms with van der Waals surface area (Å²) in [5.41, 5.74) is -0.0794. The fraction of sp³-hybridized carbons (Fsp3) is 0.278. The number of benzene rings is 1. The standard InChI is InChI=1S/C18H19N3O7S/c1-3-28-15-7-10(4-5-14(15)22)13(9-29(2,26)27)21-16-12(20-18(21)25)6-11(8-19-16)17(23)24/h4-8,13,22H,3,9H2,1-2H3,(H,20,25)(H,23,24)/t13-/m1/s1. The van der Waals surface area contributed by atoms with Crippen molar-refractivity contribution in [3.8, 4) is 11.5 Å². The number of hydrogen-bond acceptors (Lipinski definition) is 7. The molecule has 1 atom stereocenters. The van der Waals surface area contributed by atoms with Gasteiger partial charge in [-0.2, -0.15) is 0 Å². The summed E-state index contributed by atoms with van der Waals surface area (Å²) in [7, 11) is -3.54. The van der Waals surface area contributed by atoms with Crippen LogP contribution in [0.2, 0.25) is 0 Å². The fourth-order valence-corrected chi connectivity index (χ4v) is 3.95. The van der Waals surface area contributed by atoms with Crippen LogP contribution in [0, 0.1) is 0 Å². The van der Waals surface area contributed by atoms with Gasteiger partial charge in [-0.05, 0) is 30.7 Å². The maximum atomic E-state index is 12.6. The number of fused-ring (bicyclic) bond motifs is 1. The number of imidazole rings is 1. The molecule has 0 spiro atoms. The summed E-state index contributed by atoms with van der Waals surface area (Å²) in [6.07, 6.45) is 2.13. The van der Waals surface area contributed by atoms with Gasteiger partial charge in [-0.15, -0.1) is 0 Å². The third kappa shape index (κ3) is 4.24. The molecule has 1 aromatic carbocycles. The van der Waals surface area contributed by atoms with Crippen LogP contribution in [0.15, 0.2) is 35.3 Å². The molecule has 0 bridgehead atoms. The lowest BCUT2D eigenvalue weighted by molar-refractivity contribution is 0.0696. The van der Waals surface area contributed by atoms with Gasteiger partial charge in [0.2, 0.25) is 0 Å². The predicted molar refractivity (Wildman–Crippen MR) is 104 cm³/mol. The summed E-state index contributed by atoms with van der Waals surface area (Å²) in [5, 5.41) is 19.0. The summed E-state index contributed by atoms with van der Waals surface area (Å²) in [4.78, 5) is 30.4. The largest absolute Gasteiger partial charge is 0.504 e. The molecule has 0 amide bonds. The minimum atomic E-state index is -3.54. The first-order chi connectivity index (χ1) is 13.6. The lowest BCUT2D eigenvalue weighted by atomic mass is 10.1. The predicted octanol–water partition coefficient (Wildman–Crippen LogP) is 1.16. The van der Waals surface area contributed by atoms with Crippen LogP contribution < -0.4 is 10.4 Å². The van der Waals surface area contributed by atoms with Gasteiger partial charge in [0, 0.05) is 12.5 Å².